The molecule has 1 amide bonds. The van der Waals surface area contributed by atoms with Crippen molar-refractivity contribution in [2.45, 2.75) is 20.3 Å². The third-order valence-electron chi connectivity index (χ3n) is 4.76. The molecule has 2 heterocycles. The summed E-state index contributed by atoms with van der Waals surface area (Å²) in [6, 6.07) is 15.7. The van der Waals surface area contributed by atoms with Crippen LogP contribution in [0.15, 0.2) is 54.7 Å². The van der Waals surface area contributed by atoms with Crippen molar-refractivity contribution in [3.63, 3.8) is 0 Å². The summed E-state index contributed by atoms with van der Waals surface area (Å²) in [4.78, 5) is 18.4. The highest BCUT2D eigenvalue weighted by Crippen LogP contribution is 2.41. The lowest BCUT2D eigenvalue weighted by molar-refractivity contribution is 0.0956. The Bertz CT molecular complexity index is 1150. The molecule has 142 valence electrons. The molecule has 0 atom stereocenters. The van der Waals surface area contributed by atoms with Gasteiger partial charge in [0.05, 0.1) is 5.52 Å². The Morgan fingerprint density at radius 2 is 1.93 bits per heavy atom. The second kappa shape index (κ2) is 7.90. The van der Waals surface area contributed by atoms with E-state index in [1.165, 1.54) is 11.3 Å². The van der Waals surface area contributed by atoms with Crippen molar-refractivity contribution in [1.82, 2.24) is 10.3 Å². The summed E-state index contributed by atoms with van der Waals surface area (Å²) < 4.78 is 1.04. The SMILES string of the molecule is CC(C)CCNC(=O)c1sc2c(cnc3ccc(Cl)cc32)c1-c1ccccc1. The smallest absolute Gasteiger partial charge is 0.262 e. The van der Waals surface area contributed by atoms with Gasteiger partial charge < -0.3 is 5.32 Å². The molecule has 0 spiro atoms. The summed E-state index contributed by atoms with van der Waals surface area (Å²) in [6.07, 6.45) is 2.83. The highest BCUT2D eigenvalue weighted by molar-refractivity contribution is 7.22. The fourth-order valence-corrected chi connectivity index (χ4v) is 4.72. The fourth-order valence-electron chi connectivity index (χ4n) is 3.31. The topological polar surface area (TPSA) is 42.0 Å². The van der Waals surface area contributed by atoms with Crippen LogP contribution in [-0.2, 0) is 0 Å². The largest absolute Gasteiger partial charge is 0.351 e. The van der Waals surface area contributed by atoms with E-state index in [9.17, 15) is 4.79 Å². The highest BCUT2D eigenvalue weighted by atomic mass is 35.5. The summed E-state index contributed by atoms with van der Waals surface area (Å²) in [5, 5.41) is 5.72. The van der Waals surface area contributed by atoms with Crippen molar-refractivity contribution in [2.75, 3.05) is 6.54 Å². The number of nitrogens with one attached hydrogen (secondary N) is 1. The van der Waals surface area contributed by atoms with Gasteiger partial charge in [-0.1, -0.05) is 55.8 Å². The molecular formula is C23H21ClN2OS. The van der Waals surface area contributed by atoms with Gasteiger partial charge in [-0.3, -0.25) is 9.78 Å². The second-order valence-electron chi connectivity index (χ2n) is 7.27. The molecule has 0 saturated heterocycles. The summed E-state index contributed by atoms with van der Waals surface area (Å²) in [7, 11) is 0. The van der Waals surface area contributed by atoms with E-state index in [0.717, 1.165) is 43.4 Å². The van der Waals surface area contributed by atoms with Crippen LogP contribution in [0.1, 0.15) is 29.9 Å². The molecule has 4 aromatic rings. The summed E-state index contributed by atoms with van der Waals surface area (Å²) in [5.41, 5.74) is 2.84. The third-order valence-corrected chi connectivity index (χ3v) is 6.23. The number of hydrogen-bond acceptors (Lipinski definition) is 3. The zero-order valence-electron chi connectivity index (χ0n) is 15.8. The number of hydrogen-bond donors (Lipinski definition) is 1. The van der Waals surface area contributed by atoms with Gasteiger partial charge in [0, 0.05) is 38.8 Å². The standard InChI is InChI=1S/C23H21ClN2OS/c1-14(2)10-11-25-23(27)22-20(15-6-4-3-5-7-15)18-13-26-19-9-8-16(24)12-17(19)21(18)28-22/h3-9,12-14H,10-11H2,1-2H3,(H,25,27). The van der Waals surface area contributed by atoms with Crippen LogP contribution in [0.5, 0.6) is 0 Å². The molecule has 28 heavy (non-hydrogen) atoms. The molecule has 2 aromatic carbocycles. The lowest BCUT2D eigenvalue weighted by Gasteiger charge is -2.08. The minimum absolute atomic E-state index is 0.0316. The van der Waals surface area contributed by atoms with Crippen LogP contribution in [0.2, 0.25) is 5.02 Å². The predicted molar refractivity (Wildman–Crippen MR) is 119 cm³/mol. The molecule has 0 unspecified atom stereocenters. The van der Waals surface area contributed by atoms with Gasteiger partial charge in [0.2, 0.25) is 0 Å². The van der Waals surface area contributed by atoms with E-state index >= 15 is 0 Å². The van der Waals surface area contributed by atoms with Crippen LogP contribution in [0.3, 0.4) is 0 Å². The molecule has 3 nitrogen and oxygen atoms in total. The number of fused-ring (bicyclic) bond motifs is 3. The number of carbonyl (C=O) groups excluding carboxylic acids is 1. The molecule has 0 fully saturated rings. The molecule has 0 saturated carbocycles. The summed E-state index contributed by atoms with van der Waals surface area (Å²) in [5.74, 6) is 0.516. The minimum Gasteiger partial charge on any atom is -0.351 e. The van der Waals surface area contributed by atoms with Crippen molar-refractivity contribution < 1.29 is 4.79 Å². The Morgan fingerprint density at radius 3 is 2.68 bits per heavy atom. The van der Waals surface area contributed by atoms with E-state index in [1.807, 2.05) is 54.7 Å². The average Bonchev–Trinajstić information content (AvgIpc) is 3.08. The van der Waals surface area contributed by atoms with Crippen LogP contribution in [0.25, 0.3) is 32.1 Å². The Morgan fingerprint density at radius 1 is 1.14 bits per heavy atom. The number of halogens is 1. The molecule has 0 aliphatic carbocycles. The van der Waals surface area contributed by atoms with Crippen molar-refractivity contribution in [3.05, 3.63) is 64.6 Å². The first-order valence-electron chi connectivity index (χ1n) is 9.39. The fraction of sp³-hybridized carbons (Fsp3) is 0.217. The van der Waals surface area contributed by atoms with Crippen molar-refractivity contribution in [1.29, 1.82) is 0 Å². The number of rotatable bonds is 5. The Hall–Kier alpha value is -2.43. The van der Waals surface area contributed by atoms with Gasteiger partial charge in [-0.05, 0) is 36.1 Å². The van der Waals surface area contributed by atoms with Crippen LogP contribution >= 0.6 is 22.9 Å². The van der Waals surface area contributed by atoms with E-state index in [1.54, 1.807) is 0 Å². The summed E-state index contributed by atoms with van der Waals surface area (Å²) in [6.45, 7) is 4.98. The predicted octanol–water partition coefficient (Wildman–Crippen LogP) is 6.55. The molecule has 2 aromatic heterocycles. The number of benzene rings is 2. The molecule has 5 heteroatoms. The number of thiophene rings is 1. The molecule has 0 aliphatic rings. The van der Waals surface area contributed by atoms with Gasteiger partial charge >= 0.3 is 0 Å². The van der Waals surface area contributed by atoms with Gasteiger partial charge in [0.25, 0.3) is 5.91 Å². The first-order chi connectivity index (χ1) is 13.5. The average molecular weight is 409 g/mol. The maximum atomic E-state index is 13.0. The first-order valence-corrected chi connectivity index (χ1v) is 10.6. The van der Waals surface area contributed by atoms with Gasteiger partial charge in [-0.25, -0.2) is 0 Å². The van der Waals surface area contributed by atoms with Crippen LogP contribution < -0.4 is 5.32 Å². The molecular weight excluding hydrogens is 388 g/mol. The zero-order chi connectivity index (χ0) is 19.7. The number of aromatic nitrogens is 1. The molecule has 0 radical (unpaired) electrons. The van der Waals surface area contributed by atoms with E-state index < -0.39 is 0 Å². The summed E-state index contributed by atoms with van der Waals surface area (Å²) >= 11 is 7.75. The molecule has 1 N–H and O–H groups in total. The number of nitrogens with zero attached hydrogens (tertiary/aromatic N) is 1. The number of pyridine rings is 1. The van der Waals surface area contributed by atoms with Crippen molar-refractivity contribution in [2.24, 2.45) is 5.92 Å². The Labute approximate surface area is 173 Å². The maximum Gasteiger partial charge on any atom is 0.262 e. The van der Waals surface area contributed by atoms with Crippen LogP contribution in [0.4, 0.5) is 0 Å². The second-order valence-corrected chi connectivity index (χ2v) is 8.73. The zero-order valence-corrected chi connectivity index (χ0v) is 17.4. The van der Waals surface area contributed by atoms with E-state index in [0.29, 0.717) is 17.5 Å². The monoisotopic (exact) mass is 408 g/mol. The van der Waals surface area contributed by atoms with Gasteiger partial charge in [-0.15, -0.1) is 11.3 Å². The number of amides is 1. The molecule has 0 bridgehead atoms. The van der Waals surface area contributed by atoms with Gasteiger partial charge in [0.15, 0.2) is 0 Å². The maximum absolute atomic E-state index is 13.0. The van der Waals surface area contributed by atoms with Crippen LogP contribution in [-0.4, -0.2) is 17.4 Å². The minimum atomic E-state index is -0.0316. The normalized spacial score (nSPS) is 11.4. The first kappa shape index (κ1) is 18.9. The quantitative estimate of drug-likeness (QED) is 0.407. The van der Waals surface area contributed by atoms with E-state index in [-0.39, 0.29) is 5.91 Å². The van der Waals surface area contributed by atoms with Crippen LogP contribution in [0, 0.1) is 5.92 Å². The highest BCUT2D eigenvalue weighted by Gasteiger charge is 2.21. The Balaban J connectivity index is 1.90. The Kier molecular flexibility index (Phi) is 5.33. The van der Waals surface area contributed by atoms with Crippen molar-refractivity contribution in [3.8, 4) is 11.1 Å². The van der Waals surface area contributed by atoms with E-state index in [2.05, 4.69) is 24.1 Å². The lowest BCUT2D eigenvalue weighted by atomic mass is 10.0. The van der Waals surface area contributed by atoms with Crippen molar-refractivity contribution >= 4 is 49.8 Å². The molecule has 0 aliphatic heterocycles. The van der Waals surface area contributed by atoms with Gasteiger partial charge in [0.1, 0.15) is 4.88 Å². The lowest BCUT2D eigenvalue weighted by Crippen LogP contribution is -2.24. The third kappa shape index (κ3) is 3.62. The van der Waals surface area contributed by atoms with E-state index in [4.69, 9.17) is 11.6 Å². The number of carbonyl (C=O) groups is 1. The molecule has 4 rings (SSSR count). The van der Waals surface area contributed by atoms with Gasteiger partial charge in [-0.2, -0.15) is 0 Å².